The van der Waals surface area contributed by atoms with Gasteiger partial charge in [0.15, 0.2) is 5.82 Å². The molecule has 1 saturated heterocycles. The van der Waals surface area contributed by atoms with Crippen molar-refractivity contribution in [2.24, 2.45) is 10.7 Å². The lowest BCUT2D eigenvalue weighted by atomic mass is 9.95. The summed E-state index contributed by atoms with van der Waals surface area (Å²) in [7, 11) is 0. The number of hydrogen-bond acceptors (Lipinski definition) is 6. The SMILES string of the molecule is N/C(C(=O)O)=C1/CCN(c2ccc3c(c2)CN(CCO)CC3)C(=O)C1=Nc1cccc(Cl)c1F. The molecule has 8 nitrogen and oxygen atoms in total. The van der Waals surface area contributed by atoms with Gasteiger partial charge in [-0.1, -0.05) is 23.7 Å². The molecule has 2 aromatic rings. The van der Waals surface area contributed by atoms with E-state index in [0.717, 1.165) is 18.5 Å². The van der Waals surface area contributed by atoms with E-state index in [-0.39, 0.29) is 41.6 Å². The van der Waals surface area contributed by atoms with E-state index in [1.54, 1.807) is 0 Å². The molecular formula is C24H24ClFN4O4. The second kappa shape index (κ2) is 9.92. The van der Waals surface area contributed by atoms with Gasteiger partial charge in [-0.25, -0.2) is 14.2 Å². The normalized spacial score (nSPS) is 19.3. The predicted octanol–water partition coefficient (Wildman–Crippen LogP) is 2.64. The van der Waals surface area contributed by atoms with Crippen LogP contribution in [-0.4, -0.2) is 58.9 Å². The van der Waals surface area contributed by atoms with Gasteiger partial charge in [-0.15, -0.1) is 0 Å². The highest BCUT2D eigenvalue weighted by atomic mass is 35.5. The fourth-order valence-corrected chi connectivity index (χ4v) is 4.42. The number of aliphatic carboxylic acids is 1. The van der Waals surface area contributed by atoms with Gasteiger partial charge in [0, 0.05) is 37.4 Å². The van der Waals surface area contributed by atoms with Crippen LogP contribution in [-0.2, 0) is 22.6 Å². The van der Waals surface area contributed by atoms with Crippen LogP contribution >= 0.6 is 11.6 Å². The van der Waals surface area contributed by atoms with Crippen molar-refractivity contribution in [3.8, 4) is 0 Å². The van der Waals surface area contributed by atoms with E-state index in [0.29, 0.717) is 18.8 Å². The molecule has 0 bridgehead atoms. The third kappa shape index (κ3) is 4.68. The first-order chi connectivity index (χ1) is 16.3. The van der Waals surface area contributed by atoms with Crippen molar-refractivity contribution in [2.45, 2.75) is 19.4 Å². The number of carbonyl (C=O) groups is 2. The zero-order valence-electron chi connectivity index (χ0n) is 18.3. The summed E-state index contributed by atoms with van der Waals surface area (Å²) in [5.74, 6) is -2.77. The van der Waals surface area contributed by atoms with E-state index in [2.05, 4.69) is 9.89 Å². The molecule has 2 heterocycles. The summed E-state index contributed by atoms with van der Waals surface area (Å²) < 4.78 is 14.5. The molecule has 0 aliphatic carbocycles. The Morgan fingerprint density at radius 1 is 1.18 bits per heavy atom. The molecule has 0 aromatic heterocycles. The number of anilines is 1. The van der Waals surface area contributed by atoms with E-state index in [4.69, 9.17) is 17.3 Å². The highest BCUT2D eigenvalue weighted by molar-refractivity contribution is 6.51. The summed E-state index contributed by atoms with van der Waals surface area (Å²) in [6.45, 7) is 2.33. The molecule has 1 amide bonds. The Labute approximate surface area is 200 Å². The van der Waals surface area contributed by atoms with Crippen molar-refractivity contribution in [1.29, 1.82) is 0 Å². The number of halogens is 2. The maximum absolute atomic E-state index is 14.5. The van der Waals surface area contributed by atoms with Gasteiger partial charge < -0.3 is 20.8 Å². The number of nitrogens with zero attached hydrogens (tertiary/aromatic N) is 3. The Morgan fingerprint density at radius 2 is 1.97 bits per heavy atom. The number of carboxylic acids is 1. The molecule has 4 N–H and O–H groups in total. The van der Waals surface area contributed by atoms with Crippen molar-refractivity contribution in [3.05, 3.63) is 69.6 Å². The Hall–Kier alpha value is -3.27. The number of nitrogens with two attached hydrogens (primary N) is 1. The van der Waals surface area contributed by atoms with E-state index in [1.165, 1.54) is 28.7 Å². The molecule has 178 valence electrons. The largest absolute Gasteiger partial charge is 0.477 e. The fourth-order valence-electron chi connectivity index (χ4n) is 4.25. The zero-order chi connectivity index (χ0) is 24.4. The Bertz CT molecular complexity index is 1210. The third-order valence-electron chi connectivity index (χ3n) is 6.05. The smallest absolute Gasteiger partial charge is 0.352 e. The molecule has 2 aliphatic rings. The molecule has 2 aliphatic heterocycles. The average Bonchev–Trinajstić information content (AvgIpc) is 2.82. The van der Waals surface area contributed by atoms with Crippen LogP contribution in [0, 0.1) is 5.82 Å². The predicted molar refractivity (Wildman–Crippen MR) is 127 cm³/mol. The molecule has 0 unspecified atom stereocenters. The number of amides is 1. The van der Waals surface area contributed by atoms with Gasteiger partial charge in [0.05, 0.1) is 11.6 Å². The van der Waals surface area contributed by atoms with Gasteiger partial charge in [0.1, 0.15) is 17.1 Å². The van der Waals surface area contributed by atoms with Crippen LogP contribution in [0.3, 0.4) is 0 Å². The molecule has 34 heavy (non-hydrogen) atoms. The third-order valence-corrected chi connectivity index (χ3v) is 6.34. The lowest BCUT2D eigenvalue weighted by Crippen LogP contribution is -2.44. The van der Waals surface area contributed by atoms with Gasteiger partial charge in [0.2, 0.25) is 0 Å². The molecule has 10 heteroatoms. The number of aliphatic hydroxyl groups is 1. The zero-order valence-corrected chi connectivity index (χ0v) is 19.1. The second-order valence-corrected chi connectivity index (χ2v) is 8.55. The average molecular weight is 487 g/mol. The lowest BCUT2D eigenvalue weighted by molar-refractivity contribution is -0.132. The van der Waals surface area contributed by atoms with Crippen LogP contribution in [0.15, 0.2) is 52.7 Å². The van der Waals surface area contributed by atoms with Crippen LogP contribution in [0.4, 0.5) is 15.8 Å². The number of β-amino-alcohol motifs (C(OH)–C–C–N with tert-alkyl or cyclic N) is 1. The Morgan fingerprint density at radius 3 is 2.71 bits per heavy atom. The number of benzene rings is 2. The molecule has 0 spiro atoms. The molecule has 0 radical (unpaired) electrons. The summed E-state index contributed by atoms with van der Waals surface area (Å²) in [6, 6.07) is 9.92. The van der Waals surface area contributed by atoms with Crippen molar-refractivity contribution >= 4 is 40.6 Å². The van der Waals surface area contributed by atoms with Crippen LogP contribution < -0.4 is 10.6 Å². The first-order valence-electron chi connectivity index (χ1n) is 10.8. The summed E-state index contributed by atoms with van der Waals surface area (Å²) in [4.78, 5) is 32.8. The molecule has 2 aromatic carbocycles. The highest BCUT2D eigenvalue weighted by Gasteiger charge is 2.33. The molecule has 0 saturated carbocycles. The first kappa shape index (κ1) is 23.9. The topological polar surface area (TPSA) is 119 Å². The quantitative estimate of drug-likeness (QED) is 0.559. The summed E-state index contributed by atoms with van der Waals surface area (Å²) >= 11 is 5.85. The van der Waals surface area contributed by atoms with Gasteiger partial charge >= 0.3 is 5.97 Å². The summed E-state index contributed by atoms with van der Waals surface area (Å²) in [5.41, 5.74) is 7.76. The van der Waals surface area contributed by atoms with Crippen molar-refractivity contribution in [2.75, 3.05) is 31.1 Å². The number of carbonyl (C=O) groups excluding carboxylic acids is 1. The van der Waals surface area contributed by atoms with E-state index < -0.39 is 23.4 Å². The maximum Gasteiger partial charge on any atom is 0.352 e. The Kier molecular flexibility index (Phi) is 6.97. The van der Waals surface area contributed by atoms with E-state index >= 15 is 0 Å². The van der Waals surface area contributed by atoms with Crippen molar-refractivity contribution in [3.63, 3.8) is 0 Å². The number of piperidine rings is 1. The van der Waals surface area contributed by atoms with Gasteiger partial charge in [0.25, 0.3) is 5.91 Å². The number of aliphatic imine (C=N–C) groups is 1. The molecule has 4 rings (SSSR count). The standard InChI is InChI=1S/C24H24ClFN4O4/c25-18-2-1-3-19(20(18)26)28-22-17(21(27)24(33)34)7-9-30(23(22)32)16-5-4-14-6-8-29(10-11-31)13-15(14)12-16/h1-5,12,31H,6-11,13,27H2,(H,33,34)/b21-17-,28-22?. The minimum Gasteiger partial charge on any atom is -0.477 e. The van der Waals surface area contributed by atoms with Crippen molar-refractivity contribution in [1.82, 2.24) is 4.90 Å². The van der Waals surface area contributed by atoms with Gasteiger partial charge in [-0.05, 0) is 48.2 Å². The van der Waals surface area contributed by atoms with Crippen LogP contribution in [0.25, 0.3) is 0 Å². The minimum absolute atomic E-state index is 0.0557. The first-order valence-corrected chi connectivity index (χ1v) is 11.2. The number of fused-ring (bicyclic) bond motifs is 1. The number of hydrogen-bond donors (Lipinski definition) is 3. The Balaban J connectivity index is 1.74. The monoisotopic (exact) mass is 486 g/mol. The molecule has 1 fully saturated rings. The number of carboxylic acid groups (broad SMARTS) is 1. The summed E-state index contributed by atoms with van der Waals surface area (Å²) in [5, 5.41) is 18.5. The van der Waals surface area contributed by atoms with Gasteiger partial charge in [-0.3, -0.25) is 9.69 Å². The molecule has 0 atom stereocenters. The van der Waals surface area contributed by atoms with E-state index in [9.17, 15) is 24.2 Å². The number of rotatable bonds is 5. The highest BCUT2D eigenvalue weighted by Crippen LogP contribution is 2.31. The lowest BCUT2D eigenvalue weighted by Gasteiger charge is -2.32. The summed E-state index contributed by atoms with van der Waals surface area (Å²) in [6.07, 6.45) is 0.977. The fraction of sp³-hybridized carbons (Fsp3) is 0.292. The minimum atomic E-state index is -1.38. The number of aliphatic hydroxyl groups excluding tert-OH is 1. The molecular weight excluding hydrogens is 463 g/mol. The van der Waals surface area contributed by atoms with Crippen LogP contribution in [0.2, 0.25) is 5.02 Å². The second-order valence-electron chi connectivity index (χ2n) is 8.14. The van der Waals surface area contributed by atoms with Crippen LogP contribution in [0.5, 0.6) is 0 Å². The van der Waals surface area contributed by atoms with Crippen LogP contribution in [0.1, 0.15) is 17.5 Å². The van der Waals surface area contributed by atoms with E-state index in [1.807, 2.05) is 18.2 Å². The maximum atomic E-state index is 14.5. The van der Waals surface area contributed by atoms with Crippen molar-refractivity contribution < 1.29 is 24.2 Å². The van der Waals surface area contributed by atoms with Gasteiger partial charge in [-0.2, -0.15) is 0 Å².